The summed E-state index contributed by atoms with van der Waals surface area (Å²) in [6.07, 6.45) is 39.2. The number of unbranched alkanes of at least 4 members (excludes halogenated alkanes) is 14. The molecule has 0 spiro atoms. The van der Waals surface area contributed by atoms with Gasteiger partial charge >= 0.3 is 5.97 Å². The van der Waals surface area contributed by atoms with Crippen LogP contribution in [0.2, 0.25) is 0 Å². The quantitative estimate of drug-likeness (QED) is 0.0273. The Kier molecular flexibility index (Phi) is 40.0. The Labute approximate surface area is 304 Å². The van der Waals surface area contributed by atoms with Gasteiger partial charge in [-0.3, -0.25) is 4.79 Å². The molecule has 0 aromatic carbocycles. The van der Waals surface area contributed by atoms with E-state index in [0.29, 0.717) is 6.42 Å². The van der Waals surface area contributed by atoms with Crippen LogP contribution in [0, 0.1) is 0 Å². The summed E-state index contributed by atoms with van der Waals surface area (Å²) in [6, 6.07) is 0. The standard InChI is InChI=1S/C39H75NO2S4/c1-5-7-9-11-13-15-17-19-21-25-34-43-45-36-27-23-30-38(42-39(41)32-29-33-40(3)4)31-24-28-37-46-44-35-26-22-20-18-16-14-12-10-8-6-2/h19-22,38H,5-18,23-37H2,1-4H3/b21-19-,22-20-. The predicted octanol–water partition coefficient (Wildman–Crippen LogP) is 13.7. The molecule has 0 heterocycles. The van der Waals surface area contributed by atoms with Crippen LogP contribution in [0.1, 0.15) is 168 Å². The molecule has 7 heteroatoms. The molecular weight excluding hydrogens is 643 g/mol. The monoisotopic (exact) mass is 717 g/mol. The molecule has 0 radical (unpaired) electrons. The van der Waals surface area contributed by atoms with Crippen molar-refractivity contribution in [3.8, 4) is 0 Å². The number of allylic oxidation sites excluding steroid dienone is 4. The van der Waals surface area contributed by atoms with E-state index in [-0.39, 0.29) is 12.1 Å². The highest BCUT2D eigenvalue weighted by Gasteiger charge is 2.14. The van der Waals surface area contributed by atoms with Crippen LogP contribution in [0.3, 0.4) is 0 Å². The molecule has 0 saturated carbocycles. The summed E-state index contributed by atoms with van der Waals surface area (Å²) in [4.78, 5) is 14.6. The first-order chi connectivity index (χ1) is 22.6. The zero-order valence-electron chi connectivity index (χ0n) is 30.8. The minimum atomic E-state index is -0.00388. The molecule has 0 amide bonds. The highest BCUT2D eigenvalue weighted by atomic mass is 33.1. The van der Waals surface area contributed by atoms with Crippen LogP contribution in [0.15, 0.2) is 24.3 Å². The van der Waals surface area contributed by atoms with E-state index < -0.39 is 0 Å². The maximum Gasteiger partial charge on any atom is 0.306 e. The van der Waals surface area contributed by atoms with Gasteiger partial charge in [-0.2, -0.15) is 0 Å². The smallest absolute Gasteiger partial charge is 0.306 e. The molecule has 46 heavy (non-hydrogen) atoms. The molecule has 0 aliphatic carbocycles. The first-order valence-corrected chi connectivity index (χ1v) is 24.2. The summed E-state index contributed by atoms with van der Waals surface area (Å²) in [7, 11) is 12.2. The second-order valence-electron chi connectivity index (χ2n) is 12.9. The van der Waals surface area contributed by atoms with Crippen molar-refractivity contribution in [3.05, 3.63) is 24.3 Å². The Morgan fingerprint density at radius 2 is 0.978 bits per heavy atom. The zero-order chi connectivity index (χ0) is 33.6. The molecular formula is C39H75NO2S4. The number of hydrogen-bond donors (Lipinski definition) is 0. The number of nitrogens with zero attached hydrogens (tertiary/aromatic N) is 1. The maximum atomic E-state index is 12.5. The van der Waals surface area contributed by atoms with E-state index in [0.717, 1.165) is 38.6 Å². The summed E-state index contributed by atoms with van der Waals surface area (Å²) >= 11 is 0. The molecule has 0 unspecified atom stereocenters. The lowest BCUT2D eigenvalue weighted by Crippen LogP contribution is -2.20. The minimum absolute atomic E-state index is 0.00388. The lowest BCUT2D eigenvalue weighted by atomic mass is 10.1. The Balaban J connectivity index is 3.95. The van der Waals surface area contributed by atoms with Crippen molar-refractivity contribution in [2.75, 3.05) is 43.7 Å². The number of hydrogen-bond acceptors (Lipinski definition) is 7. The van der Waals surface area contributed by atoms with Crippen molar-refractivity contribution in [1.82, 2.24) is 4.90 Å². The molecule has 0 aromatic rings. The molecule has 0 aliphatic rings. The molecule has 0 fully saturated rings. The van der Waals surface area contributed by atoms with Crippen LogP contribution in [0.25, 0.3) is 0 Å². The number of carbonyl (C=O) groups is 1. The molecule has 0 bridgehead atoms. The van der Waals surface area contributed by atoms with E-state index in [1.54, 1.807) is 0 Å². The highest BCUT2D eigenvalue weighted by Crippen LogP contribution is 2.26. The molecule has 0 aliphatic heterocycles. The Hall–Kier alpha value is 0.310. The number of rotatable bonds is 37. The fraction of sp³-hybridized carbons (Fsp3) is 0.872. The molecule has 0 atom stereocenters. The largest absolute Gasteiger partial charge is 0.462 e. The lowest BCUT2D eigenvalue weighted by molar-refractivity contribution is -0.150. The van der Waals surface area contributed by atoms with Gasteiger partial charge in [0.05, 0.1) is 0 Å². The van der Waals surface area contributed by atoms with E-state index in [1.807, 2.05) is 43.2 Å². The summed E-state index contributed by atoms with van der Waals surface area (Å²) < 4.78 is 5.98. The van der Waals surface area contributed by atoms with Crippen LogP contribution >= 0.6 is 43.2 Å². The third kappa shape index (κ3) is 38.8. The van der Waals surface area contributed by atoms with Crippen molar-refractivity contribution in [3.63, 3.8) is 0 Å². The van der Waals surface area contributed by atoms with Crippen molar-refractivity contribution >= 4 is 49.1 Å². The van der Waals surface area contributed by atoms with E-state index in [9.17, 15) is 4.79 Å². The number of esters is 1. The van der Waals surface area contributed by atoms with Crippen LogP contribution in [0.5, 0.6) is 0 Å². The normalized spacial score (nSPS) is 12.0. The fourth-order valence-corrected chi connectivity index (χ4v) is 9.42. The van der Waals surface area contributed by atoms with Gasteiger partial charge in [-0.15, -0.1) is 0 Å². The SMILES string of the molecule is CCCCCCCC/C=C\CCSSCCCCC(CCCCSSCC/C=C\CCCCCCCC)OC(=O)CCCN(C)C. The van der Waals surface area contributed by atoms with Crippen molar-refractivity contribution in [1.29, 1.82) is 0 Å². The summed E-state index contributed by atoms with van der Waals surface area (Å²) in [5.41, 5.74) is 0. The maximum absolute atomic E-state index is 12.5. The van der Waals surface area contributed by atoms with Gasteiger partial charge in [0, 0.05) is 29.4 Å². The van der Waals surface area contributed by atoms with Gasteiger partial charge in [-0.05, 0) is 104 Å². The Bertz CT molecular complexity index is 632. The number of ether oxygens (including phenoxy) is 1. The van der Waals surface area contributed by atoms with E-state index in [2.05, 4.69) is 57.1 Å². The third-order valence-electron chi connectivity index (χ3n) is 7.98. The van der Waals surface area contributed by atoms with Gasteiger partial charge in [-0.1, -0.05) is 146 Å². The molecule has 0 rings (SSSR count). The van der Waals surface area contributed by atoms with Crippen LogP contribution in [-0.4, -0.2) is 60.6 Å². The van der Waals surface area contributed by atoms with Gasteiger partial charge < -0.3 is 9.64 Å². The van der Waals surface area contributed by atoms with Crippen LogP contribution < -0.4 is 0 Å². The fourth-order valence-electron chi connectivity index (χ4n) is 5.14. The summed E-state index contributed by atoms with van der Waals surface area (Å²) in [6.45, 7) is 5.50. The molecule has 0 N–H and O–H groups in total. The van der Waals surface area contributed by atoms with E-state index in [4.69, 9.17) is 4.74 Å². The molecule has 0 saturated heterocycles. The van der Waals surface area contributed by atoms with E-state index >= 15 is 0 Å². The van der Waals surface area contributed by atoms with Gasteiger partial charge in [0.1, 0.15) is 6.10 Å². The Morgan fingerprint density at radius 1 is 0.543 bits per heavy atom. The summed E-state index contributed by atoms with van der Waals surface area (Å²) in [5, 5.41) is 0. The number of carbonyl (C=O) groups excluding carboxylic acids is 1. The molecule has 272 valence electrons. The van der Waals surface area contributed by atoms with Gasteiger partial charge in [-0.25, -0.2) is 0 Å². The van der Waals surface area contributed by atoms with E-state index in [1.165, 1.54) is 139 Å². The van der Waals surface area contributed by atoms with Crippen LogP contribution in [-0.2, 0) is 9.53 Å². The van der Waals surface area contributed by atoms with Crippen molar-refractivity contribution in [2.24, 2.45) is 0 Å². The third-order valence-corrected chi connectivity index (χ3v) is 13.0. The van der Waals surface area contributed by atoms with Gasteiger partial charge in [0.25, 0.3) is 0 Å². The highest BCUT2D eigenvalue weighted by molar-refractivity contribution is 8.77. The van der Waals surface area contributed by atoms with Gasteiger partial charge in [0.15, 0.2) is 0 Å². The van der Waals surface area contributed by atoms with Crippen molar-refractivity contribution in [2.45, 2.75) is 174 Å². The van der Waals surface area contributed by atoms with Crippen molar-refractivity contribution < 1.29 is 9.53 Å². The average Bonchev–Trinajstić information content (AvgIpc) is 3.04. The summed E-state index contributed by atoms with van der Waals surface area (Å²) in [5.74, 6) is 4.79. The Morgan fingerprint density at radius 3 is 1.46 bits per heavy atom. The predicted molar refractivity (Wildman–Crippen MR) is 219 cm³/mol. The average molecular weight is 718 g/mol. The van der Waals surface area contributed by atoms with Crippen LogP contribution in [0.4, 0.5) is 0 Å². The van der Waals surface area contributed by atoms with Gasteiger partial charge in [0.2, 0.25) is 0 Å². The topological polar surface area (TPSA) is 29.5 Å². The first kappa shape index (κ1) is 46.3. The first-order valence-electron chi connectivity index (χ1n) is 19.2. The lowest BCUT2D eigenvalue weighted by Gasteiger charge is -2.18. The second-order valence-corrected chi connectivity index (χ2v) is 18.3. The minimum Gasteiger partial charge on any atom is -0.462 e. The zero-order valence-corrected chi connectivity index (χ0v) is 34.1. The second kappa shape index (κ2) is 39.7. The molecule has 3 nitrogen and oxygen atoms in total. The molecule has 0 aromatic heterocycles.